The SMILES string of the molecule is COC(=O)[C@@H]1Cc2ccc(OCCNC(=O)OC(C)(C)C)c(c2)-c2cc(ccc2OC(=O)OC(C)(C)C)[C@H](N(C)C(=O)[C@H](CCNC(=O)OC(C)(C)C)CC(=O)c2c(C)nc(-c3ccc(C(C)(C)C)cc3)nc2C)C(=O)C[C@@H](C)C(=O)N1. The molecule has 0 aliphatic carbocycles. The molecule has 0 unspecified atom stereocenters. The van der Waals surface area contributed by atoms with Crippen LogP contribution >= 0.6 is 0 Å². The predicted molar refractivity (Wildman–Crippen MR) is 307 cm³/mol. The fourth-order valence-electron chi connectivity index (χ4n) is 9.15. The van der Waals surface area contributed by atoms with Gasteiger partial charge in [0, 0.05) is 61.4 Å². The van der Waals surface area contributed by atoms with Crippen molar-refractivity contribution in [3.63, 3.8) is 0 Å². The summed E-state index contributed by atoms with van der Waals surface area (Å²) in [5.41, 5.74) is 1.34. The number of benzene rings is 3. The third kappa shape index (κ3) is 18.6. The first-order valence-corrected chi connectivity index (χ1v) is 27.5. The predicted octanol–water partition coefficient (Wildman–Crippen LogP) is 10.1. The first-order valence-electron chi connectivity index (χ1n) is 27.5. The molecule has 4 atom stereocenters. The molecule has 82 heavy (non-hydrogen) atoms. The molecule has 0 saturated heterocycles. The summed E-state index contributed by atoms with van der Waals surface area (Å²) in [6, 6.07) is 14.6. The zero-order valence-corrected chi connectivity index (χ0v) is 50.6. The number of nitrogens with one attached hydrogen (secondary N) is 3. The molecule has 5 rings (SSSR count). The summed E-state index contributed by atoms with van der Waals surface area (Å²) in [7, 11) is 2.58. The molecule has 0 saturated carbocycles. The van der Waals surface area contributed by atoms with Gasteiger partial charge in [-0.05, 0) is 129 Å². The van der Waals surface area contributed by atoms with E-state index < -0.39 is 101 Å². The number of ether oxygens (including phenoxy) is 6. The molecule has 20 nitrogen and oxygen atoms in total. The summed E-state index contributed by atoms with van der Waals surface area (Å²) < 4.78 is 33.7. The zero-order chi connectivity index (χ0) is 61.2. The average molecular weight is 1140 g/mol. The minimum absolute atomic E-state index is 0.00378. The van der Waals surface area contributed by atoms with E-state index in [1.165, 1.54) is 38.1 Å². The number of ketones is 2. The maximum Gasteiger partial charge on any atom is 0.514 e. The standard InChI is InChI=1S/C62H82N6O14/c1-35-30-47(70)51(68(16)54(72)41(26-27-63-56(74)80-60(7,8)9)34-46(69)50-36(2)65-52(66-37(50)3)39-19-22-42(23-20-39)59(4,5)6)40-21-25-49(79-58(76)82-62(13,14)15)44(33-40)43-31-38(32-45(55(73)77-17)67-53(35)71)18-24-48(43)78-29-28-64-57(75)81-61(10,11)12/h18-25,31,33,35,41,45,51H,26-30,32,34H2,1-17H3,(H,63,74)(H,64,75)(H,67,71)/t35-,41-,45+,51+/m1/s1. The Bertz CT molecular complexity index is 3000. The number of aromatic nitrogens is 2. The maximum atomic E-state index is 15.4. The van der Waals surface area contributed by atoms with E-state index in [-0.39, 0.29) is 71.7 Å². The largest absolute Gasteiger partial charge is 0.514 e. The van der Waals surface area contributed by atoms with E-state index in [2.05, 4.69) is 36.7 Å². The Morgan fingerprint density at radius 2 is 1.28 bits per heavy atom. The van der Waals surface area contributed by atoms with E-state index in [0.29, 0.717) is 22.8 Å². The van der Waals surface area contributed by atoms with E-state index in [4.69, 9.17) is 38.4 Å². The molecule has 0 radical (unpaired) electrons. The number of aryl methyl sites for hydroxylation is 2. The minimum Gasteiger partial charge on any atom is -0.491 e. The molecule has 4 amide bonds. The molecule has 1 aliphatic heterocycles. The number of hydrogen-bond acceptors (Lipinski definition) is 16. The molecule has 0 spiro atoms. The molecule has 1 aromatic heterocycles. The van der Waals surface area contributed by atoms with Crippen LogP contribution in [0.1, 0.15) is 154 Å². The molecule has 2 heterocycles. The van der Waals surface area contributed by atoms with Crippen molar-refractivity contribution in [2.24, 2.45) is 11.8 Å². The number of hydrogen-bond donors (Lipinski definition) is 3. The van der Waals surface area contributed by atoms with Crippen LogP contribution in [0.5, 0.6) is 11.5 Å². The van der Waals surface area contributed by atoms with Crippen LogP contribution in [0.4, 0.5) is 14.4 Å². The van der Waals surface area contributed by atoms with Crippen molar-refractivity contribution in [3.8, 4) is 34.0 Å². The van der Waals surface area contributed by atoms with E-state index in [0.717, 1.165) is 11.1 Å². The molecule has 0 fully saturated rings. The van der Waals surface area contributed by atoms with Crippen LogP contribution in [-0.4, -0.2) is 119 Å². The van der Waals surface area contributed by atoms with Gasteiger partial charge in [0.1, 0.15) is 47.0 Å². The van der Waals surface area contributed by atoms with Gasteiger partial charge in [-0.1, -0.05) is 64.1 Å². The number of likely N-dealkylation sites (N-methyl/N-ethyl adjacent to an activating group) is 1. The smallest absolute Gasteiger partial charge is 0.491 e. The van der Waals surface area contributed by atoms with Gasteiger partial charge < -0.3 is 49.3 Å². The lowest BCUT2D eigenvalue weighted by atomic mass is 9.86. The maximum absolute atomic E-state index is 15.4. The first-order chi connectivity index (χ1) is 38.0. The van der Waals surface area contributed by atoms with Crippen molar-refractivity contribution in [2.45, 2.75) is 164 Å². The van der Waals surface area contributed by atoms with Crippen molar-refractivity contribution < 1.29 is 66.8 Å². The Labute approximate surface area is 481 Å². The molecule has 4 bridgehead atoms. The van der Waals surface area contributed by atoms with Gasteiger partial charge in [-0.2, -0.15) is 0 Å². The van der Waals surface area contributed by atoms with Crippen molar-refractivity contribution in [1.29, 1.82) is 0 Å². The normalized spacial score (nSPS) is 16.3. The fraction of sp³-hybridized carbons (Fsp3) is 0.516. The number of alkyl carbamates (subject to hydrolysis) is 2. The van der Waals surface area contributed by atoms with Gasteiger partial charge in [0.25, 0.3) is 0 Å². The highest BCUT2D eigenvalue weighted by atomic mass is 16.7. The van der Waals surface area contributed by atoms with E-state index in [1.54, 1.807) is 100 Å². The van der Waals surface area contributed by atoms with Crippen molar-refractivity contribution >= 4 is 47.7 Å². The number of rotatable bonds is 15. The highest BCUT2D eigenvalue weighted by molar-refractivity contribution is 6.01. The monoisotopic (exact) mass is 1130 g/mol. The van der Waals surface area contributed by atoms with E-state index >= 15 is 9.59 Å². The van der Waals surface area contributed by atoms with Gasteiger partial charge in [-0.3, -0.25) is 19.2 Å². The highest BCUT2D eigenvalue weighted by Crippen LogP contribution is 2.41. The number of carbonyl (C=O) groups excluding carboxylic acids is 8. The molecule has 3 aromatic carbocycles. The topological polar surface area (TPSA) is 257 Å². The van der Waals surface area contributed by atoms with Crippen LogP contribution in [-0.2, 0) is 50.0 Å². The van der Waals surface area contributed by atoms with Crippen molar-refractivity contribution in [2.75, 3.05) is 33.9 Å². The highest BCUT2D eigenvalue weighted by Gasteiger charge is 2.37. The molecule has 444 valence electrons. The number of amides is 4. The Morgan fingerprint density at radius 1 is 0.720 bits per heavy atom. The summed E-state index contributed by atoms with van der Waals surface area (Å²) >= 11 is 0. The fourth-order valence-corrected chi connectivity index (χ4v) is 9.15. The first kappa shape index (κ1) is 64.9. The number of Topliss-reactive ketones (excluding diaryl/α,β-unsaturated/α-hetero) is 2. The van der Waals surface area contributed by atoms with Gasteiger partial charge in [0.2, 0.25) is 11.8 Å². The third-order valence-electron chi connectivity index (χ3n) is 13.0. The molecular weight excluding hydrogens is 1050 g/mol. The van der Waals surface area contributed by atoms with Crippen LogP contribution < -0.4 is 25.4 Å². The zero-order valence-electron chi connectivity index (χ0n) is 50.6. The van der Waals surface area contributed by atoms with Crippen molar-refractivity contribution in [3.05, 3.63) is 94.3 Å². The van der Waals surface area contributed by atoms with E-state index in [1.807, 2.05) is 24.3 Å². The number of methoxy groups -OCH3 is 1. The molecule has 3 N–H and O–H groups in total. The van der Waals surface area contributed by atoms with Crippen molar-refractivity contribution in [1.82, 2.24) is 30.8 Å². The van der Waals surface area contributed by atoms with Gasteiger partial charge in [-0.25, -0.2) is 29.1 Å². The summed E-state index contributed by atoms with van der Waals surface area (Å²) in [5.74, 6) is -4.84. The molecule has 20 heteroatoms. The Balaban J connectivity index is 1.66. The Hall–Kier alpha value is -7.90. The summed E-state index contributed by atoms with van der Waals surface area (Å²) in [5, 5.41) is 8.08. The van der Waals surface area contributed by atoms with Crippen LogP contribution in [0.15, 0.2) is 60.7 Å². The second kappa shape index (κ2) is 26.8. The van der Waals surface area contributed by atoms with Gasteiger partial charge in [-0.15, -0.1) is 0 Å². The Kier molecular flexibility index (Phi) is 21.2. The summed E-state index contributed by atoms with van der Waals surface area (Å²) in [6.45, 7) is 26.3. The molecule has 1 aliphatic rings. The third-order valence-corrected chi connectivity index (χ3v) is 13.0. The second-order valence-corrected chi connectivity index (χ2v) is 24.6. The lowest BCUT2D eigenvalue weighted by molar-refractivity contribution is -0.146. The van der Waals surface area contributed by atoms with Crippen LogP contribution in [0.25, 0.3) is 22.5 Å². The van der Waals surface area contributed by atoms with Crippen LogP contribution in [0, 0.1) is 25.7 Å². The van der Waals surface area contributed by atoms with Gasteiger partial charge >= 0.3 is 24.3 Å². The molecule has 4 aromatic rings. The van der Waals surface area contributed by atoms with Crippen LogP contribution in [0.2, 0.25) is 0 Å². The summed E-state index contributed by atoms with van der Waals surface area (Å²) in [4.78, 5) is 122. The lowest BCUT2D eigenvalue weighted by Gasteiger charge is -2.32. The minimum atomic E-state index is -1.48. The average Bonchev–Trinajstić information content (AvgIpc) is 3.55. The number of nitrogens with zero attached hydrogens (tertiary/aromatic N) is 3. The van der Waals surface area contributed by atoms with Gasteiger partial charge in [0.05, 0.1) is 30.6 Å². The Morgan fingerprint density at radius 3 is 1.84 bits per heavy atom. The number of esters is 1. The quantitative estimate of drug-likeness (QED) is 0.0329. The second-order valence-electron chi connectivity index (χ2n) is 24.6. The molecular formula is C62H82N6O14. The lowest BCUT2D eigenvalue weighted by Crippen LogP contribution is -2.46. The van der Waals surface area contributed by atoms with E-state index in [9.17, 15) is 28.8 Å². The summed E-state index contributed by atoms with van der Waals surface area (Å²) in [6.07, 6.45) is -3.51. The van der Waals surface area contributed by atoms with Crippen LogP contribution in [0.3, 0.4) is 0 Å². The van der Waals surface area contributed by atoms with Gasteiger partial charge in [0.15, 0.2) is 17.4 Å². The number of carbonyl (C=O) groups is 8. The number of fused-ring (bicyclic) bond motifs is 5.